The Morgan fingerprint density at radius 2 is 1.83 bits per heavy atom. The first-order chi connectivity index (χ1) is 5.49. The maximum Gasteiger partial charge on any atom is 0.253 e. The Morgan fingerprint density at radius 3 is 2.17 bits per heavy atom. The zero-order chi connectivity index (χ0) is 9.72. The quantitative estimate of drug-likeness (QED) is 0.632. The minimum atomic E-state index is -0.309. The maximum atomic E-state index is 11.1. The van der Waals surface area contributed by atoms with Crippen LogP contribution >= 0.6 is 0 Å². The Balaban J connectivity index is 4.11. The van der Waals surface area contributed by atoms with E-state index in [-0.39, 0.29) is 17.7 Å². The van der Waals surface area contributed by atoms with Gasteiger partial charge in [0, 0.05) is 11.5 Å². The maximum absolute atomic E-state index is 11.1. The Bertz CT molecular complexity index is 217. The normalized spacial score (nSPS) is 11.6. The lowest BCUT2D eigenvalue weighted by molar-refractivity contribution is -0.130. The lowest BCUT2D eigenvalue weighted by Gasteiger charge is -2.05. The van der Waals surface area contributed by atoms with Crippen LogP contribution in [0.25, 0.3) is 0 Å². The van der Waals surface area contributed by atoms with Gasteiger partial charge >= 0.3 is 0 Å². The summed E-state index contributed by atoms with van der Waals surface area (Å²) in [6.07, 6.45) is 1.67. The van der Waals surface area contributed by atoms with Crippen molar-refractivity contribution in [2.75, 3.05) is 0 Å². The number of allylic oxidation sites excluding steroid dienone is 1. The molecule has 0 atom stereocenters. The second kappa shape index (κ2) is 4.70. The summed E-state index contributed by atoms with van der Waals surface area (Å²) in [6.45, 7) is 6.92. The molecule has 0 radical (unpaired) electrons. The fraction of sp³-hybridized carbons (Fsp3) is 0.556. The van der Waals surface area contributed by atoms with Crippen molar-refractivity contribution in [3.63, 3.8) is 0 Å². The summed E-state index contributed by atoms with van der Waals surface area (Å²) in [6, 6.07) is 0. The molecule has 0 unspecified atom stereocenters. The van der Waals surface area contributed by atoms with Crippen LogP contribution < -0.4 is 5.32 Å². The molecule has 0 fully saturated rings. The molecule has 1 N–H and O–H groups in total. The van der Waals surface area contributed by atoms with Crippen LogP contribution in [0.2, 0.25) is 0 Å². The molecule has 0 aliphatic rings. The van der Waals surface area contributed by atoms with Crippen molar-refractivity contribution in [2.24, 2.45) is 5.92 Å². The van der Waals surface area contributed by atoms with Gasteiger partial charge in [-0.15, -0.1) is 0 Å². The van der Waals surface area contributed by atoms with Crippen LogP contribution in [0.4, 0.5) is 0 Å². The highest BCUT2D eigenvalue weighted by Crippen LogP contribution is 1.94. The predicted molar refractivity (Wildman–Crippen MR) is 47.4 cm³/mol. The van der Waals surface area contributed by atoms with Crippen LogP contribution in [0.5, 0.6) is 0 Å². The molecule has 3 nitrogen and oxygen atoms in total. The van der Waals surface area contributed by atoms with E-state index in [1.54, 1.807) is 33.8 Å². The van der Waals surface area contributed by atoms with E-state index in [4.69, 9.17) is 0 Å². The van der Waals surface area contributed by atoms with E-state index in [1.165, 1.54) is 0 Å². The summed E-state index contributed by atoms with van der Waals surface area (Å²) in [5.74, 6) is -0.698. The number of hydrogen-bond acceptors (Lipinski definition) is 2. The zero-order valence-electron chi connectivity index (χ0n) is 7.97. The Hall–Kier alpha value is -1.12. The molecule has 0 aliphatic carbocycles. The van der Waals surface area contributed by atoms with E-state index in [0.717, 1.165) is 0 Å². The molecule has 0 aromatic carbocycles. The highest BCUT2D eigenvalue weighted by Gasteiger charge is 2.11. The first kappa shape index (κ1) is 10.9. The van der Waals surface area contributed by atoms with Gasteiger partial charge in [0.1, 0.15) is 0 Å². The minimum Gasteiger partial charge on any atom is -0.292 e. The Kier molecular flexibility index (Phi) is 4.26. The first-order valence-corrected chi connectivity index (χ1v) is 3.97. The van der Waals surface area contributed by atoms with Crippen molar-refractivity contribution < 1.29 is 9.59 Å². The van der Waals surface area contributed by atoms with Gasteiger partial charge in [-0.25, -0.2) is 0 Å². The van der Waals surface area contributed by atoms with Crippen LogP contribution in [-0.2, 0) is 9.59 Å². The molecule has 0 rings (SSSR count). The molecular formula is C9H15NO2. The van der Waals surface area contributed by atoms with Gasteiger partial charge in [0.05, 0.1) is 0 Å². The predicted octanol–water partition coefficient (Wildman–Crippen LogP) is 1.25. The fourth-order valence-electron chi connectivity index (χ4n) is 0.486. The topological polar surface area (TPSA) is 46.2 Å². The van der Waals surface area contributed by atoms with Crippen molar-refractivity contribution in [3.05, 3.63) is 11.6 Å². The molecule has 0 bridgehead atoms. The standard InChI is InChI=1S/C9H15NO2/c1-5-7(4)9(12)10-8(11)6(2)3/h5-6H,1-4H3,(H,10,11,12)/b7-5+. The molecule has 0 heterocycles. The molecule has 0 saturated heterocycles. The number of rotatable bonds is 2. The van der Waals surface area contributed by atoms with E-state index in [0.29, 0.717) is 5.57 Å². The fourth-order valence-corrected chi connectivity index (χ4v) is 0.486. The second-order valence-electron chi connectivity index (χ2n) is 2.94. The van der Waals surface area contributed by atoms with Gasteiger partial charge in [0.15, 0.2) is 0 Å². The largest absolute Gasteiger partial charge is 0.292 e. The molecule has 3 heteroatoms. The van der Waals surface area contributed by atoms with Gasteiger partial charge in [-0.2, -0.15) is 0 Å². The molecule has 0 aromatic rings. The summed E-state index contributed by atoms with van der Waals surface area (Å²) in [5, 5.41) is 2.28. The summed E-state index contributed by atoms with van der Waals surface area (Å²) >= 11 is 0. The van der Waals surface area contributed by atoms with E-state index >= 15 is 0 Å². The molecule has 0 spiro atoms. The molecule has 0 saturated carbocycles. The number of nitrogens with one attached hydrogen (secondary N) is 1. The lowest BCUT2D eigenvalue weighted by Crippen LogP contribution is -2.34. The number of hydrogen-bond donors (Lipinski definition) is 1. The van der Waals surface area contributed by atoms with Gasteiger partial charge < -0.3 is 0 Å². The summed E-state index contributed by atoms with van der Waals surface area (Å²) in [4.78, 5) is 22.1. The highest BCUT2D eigenvalue weighted by molar-refractivity contribution is 6.04. The van der Waals surface area contributed by atoms with Crippen molar-refractivity contribution >= 4 is 11.8 Å². The Morgan fingerprint density at radius 1 is 1.33 bits per heavy atom. The first-order valence-electron chi connectivity index (χ1n) is 3.97. The molecule has 68 valence electrons. The van der Waals surface area contributed by atoms with Crippen LogP contribution in [0.15, 0.2) is 11.6 Å². The van der Waals surface area contributed by atoms with Crippen LogP contribution in [0.3, 0.4) is 0 Å². The zero-order valence-corrected chi connectivity index (χ0v) is 7.97. The van der Waals surface area contributed by atoms with Crippen LogP contribution in [0, 0.1) is 5.92 Å². The van der Waals surface area contributed by atoms with Gasteiger partial charge in [-0.05, 0) is 13.8 Å². The molecule has 12 heavy (non-hydrogen) atoms. The van der Waals surface area contributed by atoms with Crippen molar-refractivity contribution in [1.29, 1.82) is 0 Å². The van der Waals surface area contributed by atoms with Gasteiger partial charge in [-0.3, -0.25) is 14.9 Å². The third kappa shape index (κ3) is 3.32. The van der Waals surface area contributed by atoms with Crippen LogP contribution in [0.1, 0.15) is 27.7 Å². The number of amides is 2. The molecule has 0 aromatic heterocycles. The van der Waals surface area contributed by atoms with Crippen LogP contribution in [-0.4, -0.2) is 11.8 Å². The summed E-state index contributed by atoms with van der Waals surface area (Å²) < 4.78 is 0. The van der Waals surface area contributed by atoms with E-state index in [9.17, 15) is 9.59 Å². The third-order valence-electron chi connectivity index (χ3n) is 1.55. The summed E-state index contributed by atoms with van der Waals surface area (Å²) in [7, 11) is 0. The molecular weight excluding hydrogens is 154 g/mol. The summed E-state index contributed by atoms with van der Waals surface area (Å²) in [5.41, 5.74) is 0.559. The van der Waals surface area contributed by atoms with Crippen molar-refractivity contribution in [3.8, 4) is 0 Å². The van der Waals surface area contributed by atoms with Crippen molar-refractivity contribution in [1.82, 2.24) is 5.32 Å². The van der Waals surface area contributed by atoms with E-state index < -0.39 is 0 Å². The average molecular weight is 169 g/mol. The third-order valence-corrected chi connectivity index (χ3v) is 1.55. The minimum absolute atomic E-state index is 0.154. The van der Waals surface area contributed by atoms with Crippen molar-refractivity contribution in [2.45, 2.75) is 27.7 Å². The number of carbonyl (C=O) groups excluding carboxylic acids is 2. The highest BCUT2D eigenvalue weighted by atomic mass is 16.2. The lowest BCUT2D eigenvalue weighted by atomic mass is 10.2. The molecule has 2 amide bonds. The molecule has 0 aliphatic heterocycles. The monoisotopic (exact) mass is 169 g/mol. The van der Waals surface area contributed by atoms with Gasteiger partial charge in [0.2, 0.25) is 5.91 Å². The van der Waals surface area contributed by atoms with Gasteiger partial charge in [0.25, 0.3) is 5.91 Å². The average Bonchev–Trinajstić information content (AvgIpc) is 2.02. The SMILES string of the molecule is C/C=C(\C)C(=O)NC(=O)C(C)C. The Labute approximate surface area is 72.8 Å². The second-order valence-corrected chi connectivity index (χ2v) is 2.94. The van der Waals surface area contributed by atoms with E-state index in [1.807, 2.05) is 0 Å². The smallest absolute Gasteiger partial charge is 0.253 e. The number of carbonyl (C=O) groups is 2. The van der Waals surface area contributed by atoms with E-state index in [2.05, 4.69) is 5.32 Å². The van der Waals surface area contributed by atoms with Gasteiger partial charge in [-0.1, -0.05) is 19.9 Å². The number of imide groups is 1.